The number of hydrogen-bond donors (Lipinski definition) is 1. The van der Waals surface area contributed by atoms with Crippen molar-refractivity contribution in [1.29, 1.82) is 0 Å². The van der Waals surface area contributed by atoms with Crippen molar-refractivity contribution in [2.75, 3.05) is 20.1 Å². The first-order valence-electron chi connectivity index (χ1n) is 6.34. The second kappa shape index (κ2) is 6.81. The lowest BCUT2D eigenvalue weighted by molar-refractivity contribution is 0.240. The first kappa shape index (κ1) is 15.1. The molecule has 0 heterocycles. The molecule has 0 spiro atoms. The van der Waals surface area contributed by atoms with Crippen molar-refractivity contribution in [2.45, 2.75) is 32.9 Å². The molecule has 0 aliphatic heterocycles. The summed E-state index contributed by atoms with van der Waals surface area (Å²) in [6.45, 7) is 7.47. The Balaban J connectivity index is 2.93. The molecule has 0 aliphatic rings. The Morgan fingerprint density at radius 2 is 1.94 bits per heavy atom. The molecule has 102 valence electrons. The highest BCUT2D eigenvalue weighted by Crippen LogP contribution is 2.20. The second-order valence-corrected chi connectivity index (χ2v) is 4.79. The average Bonchev–Trinajstić information content (AvgIpc) is 2.32. The Kier molecular flexibility index (Phi) is 5.69. The van der Waals surface area contributed by atoms with Crippen LogP contribution < -0.4 is 5.32 Å². The number of hydrogen-bond acceptors (Lipinski definition) is 2. The van der Waals surface area contributed by atoms with Gasteiger partial charge in [-0.2, -0.15) is 0 Å². The monoisotopic (exact) mass is 256 g/mol. The van der Waals surface area contributed by atoms with Crippen LogP contribution in [0.5, 0.6) is 0 Å². The van der Waals surface area contributed by atoms with E-state index in [1.165, 1.54) is 0 Å². The Bertz CT molecular complexity index is 380. The molecule has 18 heavy (non-hydrogen) atoms. The SMILES string of the molecule is CCNC(CN(C)C(C)C)c1cccc(F)c1F. The van der Waals surface area contributed by atoms with Gasteiger partial charge in [0.05, 0.1) is 0 Å². The topological polar surface area (TPSA) is 15.3 Å². The zero-order chi connectivity index (χ0) is 13.7. The molecule has 0 amide bonds. The van der Waals surface area contributed by atoms with E-state index in [1.807, 2.05) is 14.0 Å². The molecule has 0 radical (unpaired) electrons. The predicted molar refractivity (Wildman–Crippen MR) is 70.5 cm³/mol. The molecule has 0 aromatic heterocycles. The minimum atomic E-state index is -0.789. The fraction of sp³-hybridized carbons (Fsp3) is 0.571. The van der Waals surface area contributed by atoms with Crippen LogP contribution >= 0.6 is 0 Å². The minimum Gasteiger partial charge on any atom is -0.309 e. The predicted octanol–water partition coefficient (Wildman–Crippen LogP) is 2.96. The van der Waals surface area contributed by atoms with Gasteiger partial charge in [0.1, 0.15) is 0 Å². The number of likely N-dealkylation sites (N-methyl/N-ethyl adjacent to an activating group) is 2. The maximum Gasteiger partial charge on any atom is 0.163 e. The molecular weight excluding hydrogens is 234 g/mol. The fourth-order valence-corrected chi connectivity index (χ4v) is 1.81. The zero-order valence-corrected chi connectivity index (χ0v) is 11.5. The van der Waals surface area contributed by atoms with Gasteiger partial charge >= 0.3 is 0 Å². The van der Waals surface area contributed by atoms with Gasteiger partial charge in [-0.3, -0.25) is 0 Å². The van der Waals surface area contributed by atoms with E-state index in [0.29, 0.717) is 24.7 Å². The molecule has 0 fully saturated rings. The van der Waals surface area contributed by atoms with Crippen molar-refractivity contribution in [1.82, 2.24) is 10.2 Å². The highest BCUT2D eigenvalue weighted by atomic mass is 19.2. The van der Waals surface area contributed by atoms with E-state index in [-0.39, 0.29) is 6.04 Å². The van der Waals surface area contributed by atoms with Crippen molar-refractivity contribution in [3.8, 4) is 0 Å². The van der Waals surface area contributed by atoms with Gasteiger partial charge < -0.3 is 10.2 Å². The molecule has 1 unspecified atom stereocenters. The molecule has 1 aromatic carbocycles. The molecule has 1 rings (SSSR count). The summed E-state index contributed by atoms with van der Waals surface area (Å²) in [6, 6.07) is 4.50. The van der Waals surface area contributed by atoms with Gasteiger partial charge in [0.25, 0.3) is 0 Å². The van der Waals surface area contributed by atoms with Crippen LogP contribution in [0.2, 0.25) is 0 Å². The maximum absolute atomic E-state index is 13.8. The second-order valence-electron chi connectivity index (χ2n) is 4.79. The largest absolute Gasteiger partial charge is 0.309 e. The van der Waals surface area contributed by atoms with E-state index < -0.39 is 11.6 Å². The molecule has 2 nitrogen and oxygen atoms in total. The van der Waals surface area contributed by atoms with Crippen molar-refractivity contribution >= 4 is 0 Å². The highest BCUT2D eigenvalue weighted by molar-refractivity contribution is 5.23. The molecule has 0 bridgehead atoms. The lowest BCUT2D eigenvalue weighted by Gasteiger charge is -2.28. The molecule has 1 aromatic rings. The van der Waals surface area contributed by atoms with Crippen LogP contribution in [0.25, 0.3) is 0 Å². The number of halogens is 2. The van der Waals surface area contributed by atoms with Gasteiger partial charge in [-0.15, -0.1) is 0 Å². The summed E-state index contributed by atoms with van der Waals surface area (Å²) in [5.41, 5.74) is 0.393. The van der Waals surface area contributed by atoms with Crippen molar-refractivity contribution in [3.05, 3.63) is 35.4 Å². The van der Waals surface area contributed by atoms with Gasteiger partial charge in [-0.25, -0.2) is 8.78 Å². The lowest BCUT2D eigenvalue weighted by Crippen LogP contribution is -2.37. The Morgan fingerprint density at radius 1 is 1.28 bits per heavy atom. The number of benzene rings is 1. The summed E-state index contributed by atoms with van der Waals surface area (Å²) in [5, 5.41) is 3.20. The standard InChI is InChI=1S/C14H22F2N2/c1-5-17-13(9-18(4)10(2)3)11-7-6-8-12(15)14(11)16/h6-8,10,13,17H,5,9H2,1-4H3. The smallest absolute Gasteiger partial charge is 0.163 e. The Morgan fingerprint density at radius 3 is 2.50 bits per heavy atom. The molecule has 1 N–H and O–H groups in total. The first-order chi connectivity index (χ1) is 8.47. The van der Waals surface area contributed by atoms with Crippen LogP contribution in [-0.2, 0) is 0 Å². The summed E-state index contributed by atoms with van der Waals surface area (Å²) in [4.78, 5) is 2.11. The van der Waals surface area contributed by atoms with Gasteiger partial charge in [-0.1, -0.05) is 19.1 Å². The summed E-state index contributed by atoms with van der Waals surface area (Å²) in [6.07, 6.45) is 0. The summed E-state index contributed by atoms with van der Waals surface area (Å²) in [7, 11) is 1.98. The molecule has 0 saturated heterocycles. The summed E-state index contributed by atoms with van der Waals surface area (Å²) >= 11 is 0. The fourth-order valence-electron chi connectivity index (χ4n) is 1.81. The number of rotatable bonds is 6. The van der Waals surface area contributed by atoms with E-state index >= 15 is 0 Å². The minimum absolute atomic E-state index is 0.196. The molecule has 0 aliphatic carbocycles. The summed E-state index contributed by atoms with van der Waals surface area (Å²) in [5.74, 6) is -1.54. The van der Waals surface area contributed by atoms with Gasteiger partial charge in [-0.05, 0) is 33.5 Å². The highest BCUT2D eigenvalue weighted by Gasteiger charge is 2.19. The van der Waals surface area contributed by atoms with Crippen LogP contribution in [0, 0.1) is 11.6 Å². The van der Waals surface area contributed by atoms with E-state index in [0.717, 1.165) is 6.07 Å². The molecule has 1 atom stereocenters. The quantitative estimate of drug-likeness (QED) is 0.842. The number of nitrogens with zero attached hydrogens (tertiary/aromatic N) is 1. The van der Waals surface area contributed by atoms with Crippen molar-refractivity contribution in [3.63, 3.8) is 0 Å². The number of nitrogens with one attached hydrogen (secondary N) is 1. The Labute approximate surface area is 108 Å². The van der Waals surface area contributed by atoms with Crippen LogP contribution in [0.3, 0.4) is 0 Å². The third kappa shape index (κ3) is 3.75. The average molecular weight is 256 g/mol. The van der Waals surface area contributed by atoms with Crippen LogP contribution in [0.1, 0.15) is 32.4 Å². The van der Waals surface area contributed by atoms with Crippen molar-refractivity contribution in [2.24, 2.45) is 0 Å². The lowest BCUT2D eigenvalue weighted by atomic mass is 10.0. The van der Waals surface area contributed by atoms with Crippen molar-refractivity contribution < 1.29 is 8.78 Å². The molecule has 0 saturated carbocycles. The van der Waals surface area contributed by atoms with E-state index in [2.05, 4.69) is 24.1 Å². The third-order valence-corrected chi connectivity index (χ3v) is 3.16. The first-order valence-corrected chi connectivity index (χ1v) is 6.34. The van der Waals surface area contributed by atoms with Crippen LogP contribution in [0.4, 0.5) is 8.78 Å². The van der Waals surface area contributed by atoms with E-state index in [9.17, 15) is 8.78 Å². The maximum atomic E-state index is 13.8. The summed E-state index contributed by atoms with van der Waals surface area (Å²) < 4.78 is 27.1. The third-order valence-electron chi connectivity index (χ3n) is 3.16. The van der Waals surface area contributed by atoms with E-state index in [1.54, 1.807) is 12.1 Å². The normalized spacial score (nSPS) is 13.3. The van der Waals surface area contributed by atoms with Gasteiger partial charge in [0.2, 0.25) is 0 Å². The molecular formula is C14H22F2N2. The molecule has 4 heteroatoms. The Hall–Kier alpha value is -1.00. The van der Waals surface area contributed by atoms with E-state index in [4.69, 9.17) is 0 Å². The van der Waals surface area contributed by atoms with Gasteiger partial charge in [0.15, 0.2) is 11.6 Å². The van der Waals surface area contributed by atoms with Crippen LogP contribution in [0.15, 0.2) is 18.2 Å². The zero-order valence-electron chi connectivity index (χ0n) is 11.5. The van der Waals surface area contributed by atoms with Gasteiger partial charge in [0, 0.05) is 24.2 Å². The van der Waals surface area contributed by atoms with Crippen LogP contribution in [-0.4, -0.2) is 31.1 Å².